The maximum atomic E-state index is 12.2. The van der Waals surface area contributed by atoms with Crippen molar-refractivity contribution >= 4 is 10.0 Å². The molecule has 2 fully saturated rings. The van der Waals surface area contributed by atoms with Crippen molar-refractivity contribution in [2.75, 3.05) is 12.3 Å². The van der Waals surface area contributed by atoms with E-state index in [4.69, 9.17) is 0 Å². The summed E-state index contributed by atoms with van der Waals surface area (Å²) in [5.41, 5.74) is 0. The van der Waals surface area contributed by atoms with E-state index in [0.29, 0.717) is 11.8 Å². The molecule has 0 spiro atoms. The molecule has 0 aromatic heterocycles. The number of hydrogen-bond donors (Lipinski definition) is 2. The molecule has 5 heteroatoms. The lowest BCUT2D eigenvalue weighted by molar-refractivity contribution is 0.257. The zero-order valence-electron chi connectivity index (χ0n) is 12.2. The van der Waals surface area contributed by atoms with Gasteiger partial charge in [-0.3, -0.25) is 0 Å². The summed E-state index contributed by atoms with van der Waals surface area (Å²) >= 11 is 0. The van der Waals surface area contributed by atoms with E-state index in [-0.39, 0.29) is 17.8 Å². The van der Waals surface area contributed by atoms with E-state index in [0.717, 1.165) is 32.2 Å². The van der Waals surface area contributed by atoms with Crippen LogP contribution in [0.15, 0.2) is 0 Å². The Hall–Kier alpha value is -0.130. The van der Waals surface area contributed by atoms with Crippen molar-refractivity contribution in [3.8, 4) is 0 Å². The highest BCUT2D eigenvalue weighted by atomic mass is 32.2. The van der Waals surface area contributed by atoms with E-state index < -0.39 is 10.0 Å². The van der Waals surface area contributed by atoms with E-state index in [2.05, 4.69) is 23.9 Å². The molecule has 3 unspecified atom stereocenters. The Morgan fingerprint density at radius 3 is 2.37 bits per heavy atom. The molecule has 0 aromatic carbocycles. The Labute approximate surface area is 117 Å². The van der Waals surface area contributed by atoms with Crippen LogP contribution in [0.25, 0.3) is 0 Å². The fourth-order valence-electron chi connectivity index (χ4n) is 3.68. The Bertz CT molecular complexity index is 367. The number of sulfonamides is 1. The molecular weight excluding hydrogens is 260 g/mol. The van der Waals surface area contributed by atoms with Gasteiger partial charge in [0.15, 0.2) is 0 Å². The Morgan fingerprint density at radius 2 is 1.79 bits per heavy atom. The van der Waals surface area contributed by atoms with Crippen molar-refractivity contribution < 1.29 is 8.42 Å². The van der Waals surface area contributed by atoms with Crippen LogP contribution in [0.2, 0.25) is 0 Å². The van der Waals surface area contributed by atoms with E-state index in [1.807, 2.05) is 0 Å². The lowest BCUT2D eigenvalue weighted by Gasteiger charge is -2.32. The first kappa shape index (κ1) is 15.3. The topological polar surface area (TPSA) is 58.2 Å². The van der Waals surface area contributed by atoms with Crippen molar-refractivity contribution in [1.29, 1.82) is 0 Å². The van der Waals surface area contributed by atoms with Gasteiger partial charge >= 0.3 is 0 Å². The molecule has 0 aromatic rings. The summed E-state index contributed by atoms with van der Waals surface area (Å²) in [5.74, 6) is 1.50. The van der Waals surface area contributed by atoms with Gasteiger partial charge in [0.25, 0.3) is 0 Å². The van der Waals surface area contributed by atoms with E-state index >= 15 is 0 Å². The molecule has 1 heterocycles. The molecule has 19 heavy (non-hydrogen) atoms. The van der Waals surface area contributed by atoms with Gasteiger partial charge in [0.2, 0.25) is 10.0 Å². The van der Waals surface area contributed by atoms with Gasteiger partial charge in [-0.25, -0.2) is 13.1 Å². The van der Waals surface area contributed by atoms with Crippen LogP contribution in [-0.2, 0) is 10.0 Å². The van der Waals surface area contributed by atoms with Gasteiger partial charge in [-0.15, -0.1) is 0 Å². The second-order valence-electron chi connectivity index (χ2n) is 6.66. The molecule has 4 nitrogen and oxygen atoms in total. The largest absolute Gasteiger partial charge is 0.313 e. The Morgan fingerprint density at radius 1 is 1.11 bits per heavy atom. The van der Waals surface area contributed by atoms with E-state index in [1.165, 1.54) is 12.8 Å². The zero-order chi connectivity index (χ0) is 13.9. The second-order valence-corrected chi connectivity index (χ2v) is 8.46. The van der Waals surface area contributed by atoms with Gasteiger partial charge in [-0.05, 0) is 50.5 Å². The maximum absolute atomic E-state index is 12.2. The van der Waals surface area contributed by atoms with Gasteiger partial charge < -0.3 is 5.32 Å². The number of rotatable bonds is 4. The minimum Gasteiger partial charge on any atom is -0.313 e. The Kier molecular flexibility index (Phi) is 5.26. The molecule has 1 saturated heterocycles. The molecule has 0 amide bonds. The standard InChI is InChI=1S/C14H28N2O2S/c1-11-7-12(2)9-14(8-11)16-19(17,18)10-13-5-3-4-6-15-13/h11-16H,3-10H2,1-2H3. The minimum absolute atomic E-state index is 0.143. The number of piperidine rings is 1. The first-order chi connectivity index (χ1) is 8.94. The molecular formula is C14H28N2O2S. The average Bonchev–Trinajstić information content (AvgIpc) is 2.27. The normalized spacial score (nSPS) is 37.2. The van der Waals surface area contributed by atoms with Crippen molar-refractivity contribution in [1.82, 2.24) is 10.0 Å². The van der Waals surface area contributed by atoms with Crippen molar-refractivity contribution in [2.45, 2.75) is 64.5 Å². The average molecular weight is 288 g/mol. The molecule has 1 aliphatic heterocycles. The third kappa shape index (κ3) is 5.04. The first-order valence-corrected chi connectivity index (χ1v) is 9.33. The van der Waals surface area contributed by atoms with Crippen molar-refractivity contribution in [3.05, 3.63) is 0 Å². The lowest BCUT2D eigenvalue weighted by Crippen LogP contribution is -2.46. The summed E-state index contributed by atoms with van der Waals surface area (Å²) in [6, 6.07) is 0.289. The van der Waals surface area contributed by atoms with Crippen LogP contribution in [-0.4, -0.2) is 32.8 Å². The predicted molar refractivity (Wildman–Crippen MR) is 78.5 cm³/mol. The van der Waals surface area contributed by atoms with Crippen molar-refractivity contribution in [3.63, 3.8) is 0 Å². The van der Waals surface area contributed by atoms with Gasteiger partial charge in [-0.2, -0.15) is 0 Å². The van der Waals surface area contributed by atoms with Crippen molar-refractivity contribution in [2.24, 2.45) is 11.8 Å². The van der Waals surface area contributed by atoms with Crippen LogP contribution in [0.5, 0.6) is 0 Å². The lowest BCUT2D eigenvalue weighted by atomic mass is 9.81. The summed E-state index contributed by atoms with van der Waals surface area (Å²) in [4.78, 5) is 0. The SMILES string of the molecule is CC1CC(C)CC(NS(=O)(=O)CC2CCCCN2)C1. The fraction of sp³-hybridized carbons (Fsp3) is 1.00. The molecule has 3 atom stereocenters. The quantitative estimate of drug-likeness (QED) is 0.830. The summed E-state index contributed by atoms with van der Waals surface area (Å²) in [6.07, 6.45) is 6.50. The van der Waals surface area contributed by atoms with Crippen LogP contribution in [0.4, 0.5) is 0 Å². The molecule has 2 N–H and O–H groups in total. The monoisotopic (exact) mass is 288 g/mol. The highest BCUT2D eigenvalue weighted by Gasteiger charge is 2.28. The molecule has 2 aliphatic rings. The van der Waals surface area contributed by atoms with E-state index in [1.54, 1.807) is 0 Å². The minimum atomic E-state index is -3.14. The van der Waals surface area contributed by atoms with Crippen LogP contribution in [0.3, 0.4) is 0 Å². The summed E-state index contributed by atoms with van der Waals surface area (Å²) in [5, 5.41) is 3.31. The molecule has 1 saturated carbocycles. The third-order valence-electron chi connectivity index (χ3n) is 4.36. The van der Waals surface area contributed by atoms with Gasteiger partial charge in [0, 0.05) is 12.1 Å². The zero-order valence-corrected chi connectivity index (χ0v) is 13.0. The summed E-state index contributed by atoms with van der Waals surface area (Å²) in [6.45, 7) is 5.40. The van der Waals surface area contributed by atoms with Gasteiger partial charge in [0.05, 0.1) is 5.75 Å². The fourth-order valence-corrected chi connectivity index (χ4v) is 5.29. The van der Waals surface area contributed by atoms with E-state index in [9.17, 15) is 8.42 Å². The molecule has 0 radical (unpaired) electrons. The van der Waals surface area contributed by atoms with Gasteiger partial charge in [-0.1, -0.05) is 20.3 Å². The van der Waals surface area contributed by atoms with Gasteiger partial charge in [0.1, 0.15) is 0 Å². The molecule has 1 aliphatic carbocycles. The van der Waals surface area contributed by atoms with Crippen LogP contribution >= 0.6 is 0 Å². The highest BCUT2D eigenvalue weighted by molar-refractivity contribution is 7.89. The summed E-state index contributed by atoms with van der Waals surface area (Å²) < 4.78 is 27.4. The number of hydrogen-bond acceptors (Lipinski definition) is 3. The Balaban J connectivity index is 1.85. The maximum Gasteiger partial charge on any atom is 0.213 e. The smallest absolute Gasteiger partial charge is 0.213 e. The molecule has 112 valence electrons. The second kappa shape index (κ2) is 6.55. The van der Waals surface area contributed by atoms with Crippen LogP contribution < -0.4 is 10.0 Å². The third-order valence-corrected chi connectivity index (χ3v) is 5.89. The predicted octanol–water partition coefficient (Wildman–Crippen LogP) is 1.87. The van der Waals surface area contributed by atoms with Crippen LogP contribution in [0, 0.1) is 11.8 Å². The summed E-state index contributed by atoms with van der Waals surface area (Å²) in [7, 11) is -3.14. The highest BCUT2D eigenvalue weighted by Crippen LogP contribution is 2.28. The van der Waals surface area contributed by atoms with Crippen LogP contribution in [0.1, 0.15) is 52.4 Å². The molecule has 2 rings (SSSR count). The number of nitrogens with one attached hydrogen (secondary N) is 2. The molecule has 0 bridgehead atoms. The first-order valence-electron chi connectivity index (χ1n) is 7.68.